The molecule has 2 heteroatoms. The molecule has 1 saturated carbocycles. The van der Waals surface area contributed by atoms with E-state index >= 15 is 0 Å². The summed E-state index contributed by atoms with van der Waals surface area (Å²) >= 11 is 0. The van der Waals surface area contributed by atoms with E-state index in [1.807, 2.05) is 0 Å². The van der Waals surface area contributed by atoms with Crippen molar-refractivity contribution < 1.29 is 0 Å². The molecule has 2 aromatic rings. The molecule has 0 saturated heterocycles. The Bertz CT molecular complexity index is 607. The van der Waals surface area contributed by atoms with Crippen molar-refractivity contribution in [3.05, 3.63) is 48.2 Å². The normalized spacial score (nSPS) is 16.3. The first kappa shape index (κ1) is 14.5. The van der Waals surface area contributed by atoms with E-state index in [1.165, 1.54) is 31.2 Å². The number of nitrogens with zero attached hydrogens (tertiary/aromatic N) is 1. The van der Waals surface area contributed by atoms with Gasteiger partial charge in [-0.25, -0.2) is 0 Å². The maximum Gasteiger partial charge on any atom is 0.0799 e. The van der Waals surface area contributed by atoms with Crippen molar-refractivity contribution in [2.75, 3.05) is 0 Å². The number of benzene rings is 1. The molecule has 1 aromatic heterocycles. The summed E-state index contributed by atoms with van der Waals surface area (Å²) in [5.41, 5.74) is 3.97. The minimum Gasteiger partial charge on any atom is -0.256 e. The first-order valence-electron chi connectivity index (χ1n) is 8.11. The highest BCUT2D eigenvalue weighted by atomic mass is 28.3. The van der Waals surface area contributed by atoms with Crippen LogP contribution in [0.15, 0.2) is 42.6 Å². The van der Waals surface area contributed by atoms with Crippen LogP contribution in [-0.2, 0) is 0 Å². The van der Waals surface area contributed by atoms with Gasteiger partial charge in [0.25, 0.3) is 0 Å². The second-order valence-electron chi connectivity index (χ2n) is 7.25. The van der Waals surface area contributed by atoms with Crippen LogP contribution in [0.5, 0.6) is 0 Å². The van der Waals surface area contributed by atoms with Crippen molar-refractivity contribution in [3.63, 3.8) is 0 Å². The summed E-state index contributed by atoms with van der Waals surface area (Å²) in [6, 6.07) is 13.0. The van der Waals surface area contributed by atoms with E-state index in [1.54, 1.807) is 10.8 Å². The van der Waals surface area contributed by atoms with Gasteiger partial charge in [-0.2, -0.15) is 0 Å². The van der Waals surface area contributed by atoms with E-state index in [2.05, 4.69) is 62.2 Å². The average Bonchev–Trinajstić information content (AvgIpc) is 3.01. The van der Waals surface area contributed by atoms with Gasteiger partial charge in [0.1, 0.15) is 0 Å². The molecule has 0 unspecified atom stereocenters. The lowest BCUT2D eigenvalue weighted by Gasteiger charge is -2.24. The van der Waals surface area contributed by atoms with Gasteiger partial charge >= 0.3 is 0 Å². The Labute approximate surface area is 129 Å². The molecule has 21 heavy (non-hydrogen) atoms. The highest BCUT2D eigenvalue weighted by molar-refractivity contribution is 6.89. The molecule has 1 fully saturated rings. The lowest BCUT2D eigenvalue weighted by molar-refractivity contribution is 0.726. The lowest BCUT2D eigenvalue weighted by atomic mass is 9.96. The fraction of sp³-hybridized carbons (Fsp3) is 0.421. The molecule has 0 atom stereocenters. The average molecular weight is 296 g/mol. The quantitative estimate of drug-likeness (QED) is 0.730. The van der Waals surface area contributed by atoms with Gasteiger partial charge in [0.15, 0.2) is 0 Å². The molecule has 0 radical (unpaired) electrons. The Morgan fingerprint density at radius 3 is 2.29 bits per heavy atom. The Hall–Kier alpha value is -1.41. The third kappa shape index (κ3) is 3.10. The minimum absolute atomic E-state index is 0.761. The van der Waals surface area contributed by atoms with Crippen LogP contribution < -0.4 is 5.19 Å². The van der Waals surface area contributed by atoms with E-state index in [4.69, 9.17) is 4.98 Å². The lowest BCUT2D eigenvalue weighted by Crippen LogP contribution is -2.41. The zero-order valence-corrected chi connectivity index (χ0v) is 14.4. The zero-order valence-electron chi connectivity index (χ0n) is 13.4. The largest absolute Gasteiger partial charge is 0.256 e. The second-order valence-corrected chi connectivity index (χ2v) is 12.3. The standard InChI is InChI=1S/C19H25NSi/c1-21(2,3)19-14-20-18(16-11-5-4-6-12-16)13-17(19)15-9-7-8-10-15/h4-6,11-15H,7-10H2,1-3H3. The van der Waals surface area contributed by atoms with Crippen LogP contribution in [-0.4, -0.2) is 13.1 Å². The monoisotopic (exact) mass is 295 g/mol. The first-order chi connectivity index (χ1) is 10.1. The molecule has 0 bridgehead atoms. The third-order valence-corrected chi connectivity index (χ3v) is 6.64. The van der Waals surface area contributed by atoms with Crippen molar-refractivity contribution in [1.29, 1.82) is 0 Å². The van der Waals surface area contributed by atoms with E-state index < -0.39 is 8.07 Å². The van der Waals surface area contributed by atoms with Gasteiger partial charge in [-0.05, 0) is 35.6 Å². The molecule has 1 aliphatic carbocycles. The Balaban J connectivity index is 2.08. The van der Waals surface area contributed by atoms with Gasteiger partial charge in [-0.1, -0.05) is 62.8 Å². The number of hydrogen-bond donors (Lipinski definition) is 0. The van der Waals surface area contributed by atoms with Gasteiger partial charge in [0, 0.05) is 11.8 Å². The summed E-state index contributed by atoms with van der Waals surface area (Å²) in [5.74, 6) is 0.761. The molecule has 0 spiro atoms. The smallest absolute Gasteiger partial charge is 0.0799 e. The molecule has 0 amide bonds. The molecule has 3 rings (SSSR count). The van der Waals surface area contributed by atoms with Gasteiger partial charge in [-0.15, -0.1) is 0 Å². The fourth-order valence-corrected chi connectivity index (χ4v) is 5.03. The molecule has 0 N–H and O–H groups in total. The van der Waals surface area contributed by atoms with Crippen LogP contribution in [0.25, 0.3) is 11.3 Å². The Morgan fingerprint density at radius 2 is 1.67 bits per heavy atom. The summed E-state index contributed by atoms with van der Waals surface area (Å²) in [5, 5.41) is 1.56. The number of rotatable bonds is 3. The highest BCUT2D eigenvalue weighted by Crippen LogP contribution is 2.35. The molecule has 0 aliphatic heterocycles. The van der Waals surface area contributed by atoms with Crippen LogP contribution in [0.2, 0.25) is 19.6 Å². The predicted molar refractivity (Wildman–Crippen MR) is 93.9 cm³/mol. The van der Waals surface area contributed by atoms with Crippen LogP contribution in [0.3, 0.4) is 0 Å². The molecule has 1 aromatic carbocycles. The summed E-state index contributed by atoms with van der Waals surface area (Å²) in [6.45, 7) is 7.31. The summed E-state index contributed by atoms with van der Waals surface area (Å²) in [6.07, 6.45) is 7.67. The molecule has 1 heterocycles. The highest BCUT2D eigenvalue weighted by Gasteiger charge is 2.27. The number of hydrogen-bond acceptors (Lipinski definition) is 1. The van der Waals surface area contributed by atoms with Crippen molar-refractivity contribution in [2.24, 2.45) is 0 Å². The van der Waals surface area contributed by atoms with E-state index in [-0.39, 0.29) is 0 Å². The van der Waals surface area contributed by atoms with Crippen molar-refractivity contribution in [2.45, 2.75) is 51.2 Å². The molecular formula is C19H25NSi. The van der Waals surface area contributed by atoms with Crippen LogP contribution in [0.4, 0.5) is 0 Å². The maximum atomic E-state index is 4.78. The maximum absolute atomic E-state index is 4.78. The number of aromatic nitrogens is 1. The van der Waals surface area contributed by atoms with E-state index in [9.17, 15) is 0 Å². The minimum atomic E-state index is -1.33. The van der Waals surface area contributed by atoms with Gasteiger partial charge in [0.2, 0.25) is 0 Å². The molecule has 1 nitrogen and oxygen atoms in total. The van der Waals surface area contributed by atoms with E-state index in [0.717, 1.165) is 11.6 Å². The van der Waals surface area contributed by atoms with Gasteiger partial charge in [0.05, 0.1) is 13.8 Å². The third-order valence-electron chi connectivity index (χ3n) is 4.61. The Kier molecular flexibility index (Phi) is 3.98. The second kappa shape index (κ2) is 5.76. The SMILES string of the molecule is C[Si](C)(C)c1cnc(-c2ccccc2)cc1C1CCCC1. The van der Waals surface area contributed by atoms with Crippen LogP contribution >= 0.6 is 0 Å². The number of pyridine rings is 1. The van der Waals surface area contributed by atoms with E-state index in [0.29, 0.717) is 0 Å². The van der Waals surface area contributed by atoms with Crippen molar-refractivity contribution in [3.8, 4) is 11.3 Å². The molecular weight excluding hydrogens is 270 g/mol. The topological polar surface area (TPSA) is 12.9 Å². The van der Waals surface area contributed by atoms with Gasteiger partial charge < -0.3 is 0 Å². The predicted octanol–water partition coefficient (Wildman–Crippen LogP) is 4.95. The van der Waals surface area contributed by atoms with Crippen LogP contribution in [0.1, 0.15) is 37.2 Å². The zero-order chi connectivity index (χ0) is 14.9. The van der Waals surface area contributed by atoms with Crippen molar-refractivity contribution in [1.82, 2.24) is 4.98 Å². The first-order valence-corrected chi connectivity index (χ1v) is 11.6. The summed E-state index contributed by atoms with van der Waals surface area (Å²) in [7, 11) is -1.33. The molecule has 110 valence electrons. The van der Waals surface area contributed by atoms with Gasteiger partial charge in [-0.3, -0.25) is 4.98 Å². The van der Waals surface area contributed by atoms with Crippen molar-refractivity contribution >= 4 is 13.3 Å². The fourth-order valence-electron chi connectivity index (χ4n) is 3.44. The molecule has 1 aliphatic rings. The van der Waals surface area contributed by atoms with Crippen LogP contribution in [0, 0.1) is 0 Å². The summed E-state index contributed by atoms with van der Waals surface area (Å²) < 4.78 is 0. The Morgan fingerprint density at radius 1 is 1.00 bits per heavy atom. The summed E-state index contributed by atoms with van der Waals surface area (Å²) in [4.78, 5) is 4.78.